The number of benzene rings is 2. The lowest BCUT2D eigenvalue weighted by atomic mass is 10.1. The molecule has 0 saturated heterocycles. The van der Waals surface area contributed by atoms with Crippen molar-refractivity contribution in [2.45, 2.75) is 52.0 Å². The Morgan fingerprint density at radius 1 is 0.615 bits per heavy atom. The highest BCUT2D eigenvalue weighted by atomic mass is 32.3. The summed E-state index contributed by atoms with van der Waals surface area (Å²) in [4.78, 5) is 0. The maximum Gasteiger partial charge on any atom is 0.394 e. The zero-order valence-corrected chi connectivity index (χ0v) is 22.8. The van der Waals surface area contributed by atoms with Crippen LogP contribution in [0.25, 0.3) is 0 Å². The average Bonchev–Trinajstić information content (AvgIpc) is 2.73. The summed E-state index contributed by atoms with van der Waals surface area (Å²) in [5.74, 6) is -0.780. The van der Waals surface area contributed by atoms with Crippen molar-refractivity contribution < 1.29 is 70.1 Å². The fourth-order valence-electron chi connectivity index (χ4n) is 2.43. The first-order chi connectivity index (χ1) is 16.0. The monoisotopic (exact) mass is 592 g/mol. The smallest absolute Gasteiger partial charge is 0.394 e. The van der Waals surface area contributed by atoms with Crippen LogP contribution in [0.1, 0.15) is 51.0 Å². The van der Waals surface area contributed by atoms with Gasteiger partial charge in [0, 0.05) is 25.2 Å². The molecule has 0 spiro atoms. The Labute approximate surface area is 227 Å². The van der Waals surface area contributed by atoms with Crippen molar-refractivity contribution in [2.24, 2.45) is 0 Å². The van der Waals surface area contributed by atoms with Crippen molar-refractivity contribution in [3.8, 4) is 23.0 Å². The van der Waals surface area contributed by atoms with Crippen LogP contribution in [-0.2, 0) is 10.4 Å². The minimum absolute atomic E-state index is 0. The number of rotatable bonds is 8. The zero-order chi connectivity index (χ0) is 27.3. The van der Waals surface area contributed by atoms with E-state index >= 15 is 0 Å². The van der Waals surface area contributed by atoms with Gasteiger partial charge in [0.15, 0.2) is 23.0 Å². The van der Waals surface area contributed by atoms with E-state index in [9.17, 15) is 20.4 Å². The molecule has 0 aliphatic rings. The maximum atomic E-state index is 9.73. The Bertz CT molecular complexity index is 933. The van der Waals surface area contributed by atoms with E-state index < -0.39 is 22.6 Å². The molecule has 2 unspecified atom stereocenters. The van der Waals surface area contributed by atoms with E-state index in [1.165, 1.54) is 24.3 Å². The second kappa shape index (κ2) is 22.1. The van der Waals surface area contributed by atoms with Crippen LogP contribution in [0.2, 0.25) is 0 Å². The zero-order valence-electron chi connectivity index (χ0n) is 22.0. The van der Waals surface area contributed by atoms with Crippen molar-refractivity contribution in [3.63, 3.8) is 0 Å². The largest absolute Gasteiger partial charge is 0.504 e. The Balaban J connectivity index is -0.000000155. The molecule has 18 N–H and O–H groups in total. The van der Waals surface area contributed by atoms with Gasteiger partial charge >= 0.3 is 10.4 Å². The van der Waals surface area contributed by atoms with Crippen molar-refractivity contribution in [3.05, 3.63) is 47.5 Å². The maximum absolute atomic E-state index is 9.73. The highest BCUT2D eigenvalue weighted by Crippen LogP contribution is 2.28. The van der Waals surface area contributed by atoms with Crippen LogP contribution in [-0.4, -0.2) is 95.2 Å². The molecule has 2 atom stereocenters. The first-order valence-electron chi connectivity index (χ1n) is 10.6. The van der Waals surface area contributed by atoms with E-state index in [0.717, 1.165) is 0 Å². The SMILES string of the molecule is CC(C)NCC(O)c1ccc(O)c(O)c1.CC(C)NCC(O)c1ccc(O)c(O)c1.O.O.O.O.O=S(=O)(O)O. The predicted octanol–water partition coefficient (Wildman–Crippen LogP) is -1.69. The fourth-order valence-corrected chi connectivity index (χ4v) is 2.43. The molecular weight excluding hydrogens is 548 g/mol. The van der Waals surface area contributed by atoms with Gasteiger partial charge < -0.3 is 63.2 Å². The van der Waals surface area contributed by atoms with E-state index in [0.29, 0.717) is 36.3 Å². The summed E-state index contributed by atoms with van der Waals surface area (Å²) in [6.45, 7) is 8.79. The number of phenols is 4. The van der Waals surface area contributed by atoms with E-state index in [1.807, 2.05) is 27.7 Å². The number of hydrogen-bond donors (Lipinski definition) is 10. The van der Waals surface area contributed by atoms with E-state index in [2.05, 4.69) is 10.6 Å². The van der Waals surface area contributed by atoms with Crippen LogP contribution < -0.4 is 10.6 Å². The second-order valence-electron chi connectivity index (χ2n) is 8.10. The van der Waals surface area contributed by atoms with Crippen molar-refractivity contribution >= 4 is 10.4 Å². The quantitative estimate of drug-likeness (QED) is 0.121. The molecule has 2 aromatic carbocycles. The van der Waals surface area contributed by atoms with Crippen LogP contribution in [0.15, 0.2) is 36.4 Å². The molecule has 232 valence electrons. The highest BCUT2D eigenvalue weighted by molar-refractivity contribution is 7.79. The molecule has 0 aliphatic heterocycles. The standard InChI is InChI=1S/2C11H17NO3.H2O4S.4H2O/c2*1-7(2)12-6-11(15)8-3-4-9(13)10(14)5-8;1-5(2,3)4;;;;/h2*3-5,7,11-15H,6H2,1-2H3;(H2,1,2,3,4);4*1H2. The van der Waals surface area contributed by atoms with Gasteiger partial charge in [-0.1, -0.05) is 39.8 Å². The molecule has 0 heterocycles. The van der Waals surface area contributed by atoms with Gasteiger partial charge in [0.2, 0.25) is 0 Å². The Kier molecular flexibility index (Phi) is 26.0. The van der Waals surface area contributed by atoms with Crippen LogP contribution in [0.5, 0.6) is 23.0 Å². The molecule has 16 nitrogen and oxygen atoms in total. The van der Waals surface area contributed by atoms with Crippen LogP contribution in [0.4, 0.5) is 0 Å². The Morgan fingerprint density at radius 3 is 1.08 bits per heavy atom. The summed E-state index contributed by atoms with van der Waals surface area (Å²) in [6, 6.07) is 9.22. The first-order valence-corrected chi connectivity index (χ1v) is 12.0. The van der Waals surface area contributed by atoms with Crippen LogP contribution >= 0.6 is 0 Å². The molecule has 2 aromatic rings. The summed E-state index contributed by atoms with van der Waals surface area (Å²) >= 11 is 0. The minimum atomic E-state index is -4.67. The molecule has 0 bridgehead atoms. The topological polar surface area (TPSA) is 346 Å². The lowest BCUT2D eigenvalue weighted by Gasteiger charge is -2.14. The fraction of sp³-hybridized carbons (Fsp3) is 0.455. The van der Waals surface area contributed by atoms with Gasteiger partial charge in [-0.3, -0.25) is 9.11 Å². The summed E-state index contributed by atoms with van der Waals surface area (Å²) < 4.78 is 31.6. The van der Waals surface area contributed by atoms with Gasteiger partial charge in [-0.05, 0) is 35.4 Å². The number of aliphatic hydroxyl groups is 2. The van der Waals surface area contributed by atoms with Gasteiger partial charge in [-0.15, -0.1) is 0 Å². The molecule has 0 aromatic heterocycles. The third-order valence-electron chi connectivity index (χ3n) is 4.21. The average molecular weight is 593 g/mol. The Morgan fingerprint density at radius 2 is 0.872 bits per heavy atom. The number of hydrogen-bond acceptors (Lipinski definition) is 10. The van der Waals surface area contributed by atoms with E-state index in [1.54, 1.807) is 12.1 Å². The van der Waals surface area contributed by atoms with Gasteiger partial charge in [0.05, 0.1) is 12.2 Å². The van der Waals surface area contributed by atoms with Crippen LogP contribution in [0, 0.1) is 0 Å². The minimum Gasteiger partial charge on any atom is -0.504 e. The molecule has 17 heteroatoms. The molecule has 0 aliphatic carbocycles. The third-order valence-corrected chi connectivity index (χ3v) is 4.21. The number of aromatic hydroxyl groups is 4. The van der Waals surface area contributed by atoms with Crippen molar-refractivity contribution in [1.29, 1.82) is 0 Å². The van der Waals surface area contributed by atoms with Gasteiger partial charge in [0.25, 0.3) is 0 Å². The summed E-state index contributed by atoms with van der Waals surface area (Å²) in [7, 11) is -4.67. The summed E-state index contributed by atoms with van der Waals surface area (Å²) in [6.07, 6.45) is -1.36. The van der Waals surface area contributed by atoms with Crippen LogP contribution in [0.3, 0.4) is 0 Å². The Hall–Kier alpha value is -2.81. The second-order valence-corrected chi connectivity index (χ2v) is 9.00. The number of phenolic OH excluding ortho intramolecular Hbond substituents is 4. The van der Waals surface area contributed by atoms with Gasteiger partial charge in [-0.2, -0.15) is 8.42 Å². The normalized spacial score (nSPS) is 11.5. The highest BCUT2D eigenvalue weighted by Gasteiger charge is 2.11. The molecule has 0 radical (unpaired) electrons. The van der Waals surface area contributed by atoms with Crippen molar-refractivity contribution in [2.75, 3.05) is 13.1 Å². The molecule has 0 saturated carbocycles. The van der Waals surface area contributed by atoms with Gasteiger partial charge in [0.1, 0.15) is 0 Å². The van der Waals surface area contributed by atoms with E-state index in [-0.39, 0.29) is 44.9 Å². The summed E-state index contributed by atoms with van der Waals surface area (Å²) in [5.41, 5.74) is 1.16. The predicted molar refractivity (Wildman–Crippen MR) is 144 cm³/mol. The lowest BCUT2D eigenvalue weighted by molar-refractivity contribution is 0.171. The third kappa shape index (κ3) is 22.8. The molecule has 2 rings (SSSR count). The molecule has 39 heavy (non-hydrogen) atoms. The first kappa shape index (κ1) is 46.1. The molecular formula is C22H44N2O14S. The van der Waals surface area contributed by atoms with Crippen molar-refractivity contribution in [1.82, 2.24) is 10.6 Å². The number of aliphatic hydroxyl groups excluding tert-OH is 2. The molecule has 0 amide bonds. The summed E-state index contributed by atoms with van der Waals surface area (Å²) in [5, 5.41) is 62.3. The number of nitrogens with one attached hydrogen (secondary N) is 2. The lowest BCUT2D eigenvalue weighted by Crippen LogP contribution is -2.27. The van der Waals surface area contributed by atoms with E-state index in [4.69, 9.17) is 27.7 Å². The van der Waals surface area contributed by atoms with Gasteiger partial charge in [-0.25, -0.2) is 0 Å². The molecule has 0 fully saturated rings.